The zero-order chi connectivity index (χ0) is 16.1. The smallest absolute Gasteiger partial charge is 0.404 e. The molecule has 2 rings (SSSR count). The number of carbonyl (C=O) groups excluding carboxylic acids is 1. The van der Waals surface area contributed by atoms with Crippen molar-refractivity contribution in [3.05, 3.63) is 6.07 Å². The summed E-state index contributed by atoms with van der Waals surface area (Å²) in [5.41, 5.74) is 0. The van der Waals surface area contributed by atoms with Crippen LogP contribution >= 0.6 is 11.8 Å². The van der Waals surface area contributed by atoms with E-state index in [1.165, 1.54) is 18.7 Å². The summed E-state index contributed by atoms with van der Waals surface area (Å²) >= 11 is 1.41. The maximum atomic E-state index is 11.2. The Kier molecular flexibility index (Phi) is 5.42. The lowest BCUT2D eigenvalue weighted by atomic mass is 10.1. The monoisotopic (exact) mass is 325 g/mol. The first-order chi connectivity index (χ1) is 10.5. The number of aromatic nitrogens is 2. The van der Waals surface area contributed by atoms with Crippen LogP contribution in [0.3, 0.4) is 0 Å². The van der Waals surface area contributed by atoms with Crippen LogP contribution in [0.5, 0.6) is 0 Å². The highest BCUT2D eigenvalue weighted by Gasteiger charge is 2.22. The molecule has 0 aromatic carbocycles. The Morgan fingerprint density at radius 3 is 2.59 bits per heavy atom. The zero-order valence-electron chi connectivity index (χ0n) is 12.5. The van der Waals surface area contributed by atoms with Crippen LogP contribution in [0.2, 0.25) is 0 Å². The first kappa shape index (κ1) is 16.3. The molecule has 0 saturated carbocycles. The second-order valence-electron chi connectivity index (χ2n) is 4.99. The number of carbonyl (C=O) groups is 2. The molecule has 0 spiro atoms. The number of anilines is 2. The van der Waals surface area contributed by atoms with Gasteiger partial charge in [0, 0.05) is 32.1 Å². The van der Waals surface area contributed by atoms with Gasteiger partial charge in [0.15, 0.2) is 5.16 Å². The van der Waals surface area contributed by atoms with Crippen molar-refractivity contribution in [1.82, 2.24) is 15.3 Å². The standard InChI is InChI=1S/C13H19N5O3S/c1-8(19)14-10-7-11(17-12(16-10)22-2)18-5-3-9(4-6-18)15-13(20)21/h7,9,15H,3-6H2,1-2H3,(H,20,21)(H,14,16,17,19). The second-order valence-corrected chi connectivity index (χ2v) is 5.76. The molecule has 2 heterocycles. The molecule has 3 N–H and O–H groups in total. The predicted molar refractivity (Wildman–Crippen MR) is 84.5 cm³/mol. The van der Waals surface area contributed by atoms with Crippen molar-refractivity contribution in [3.8, 4) is 0 Å². The van der Waals surface area contributed by atoms with Crippen molar-refractivity contribution in [2.75, 3.05) is 29.6 Å². The third kappa shape index (κ3) is 4.48. The largest absolute Gasteiger partial charge is 0.465 e. The van der Waals surface area contributed by atoms with Crippen molar-refractivity contribution in [2.45, 2.75) is 31.0 Å². The molecule has 0 bridgehead atoms. The van der Waals surface area contributed by atoms with Gasteiger partial charge in [0.1, 0.15) is 11.6 Å². The summed E-state index contributed by atoms with van der Waals surface area (Å²) in [5.74, 6) is 1.05. The highest BCUT2D eigenvalue weighted by Crippen LogP contribution is 2.23. The molecule has 1 aliphatic rings. The average Bonchev–Trinajstić information content (AvgIpc) is 2.46. The van der Waals surface area contributed by atoms with Gasteiger partial charge in [-0.3, -0.25) is 4.79 Å². The van der Waals surface area contributed by atoms with E-state index < -0.39 is 6.09 Å². The van der Waals surface area contributed by atoms with Crippen LogP contribution in [0, 0.1) is 0 Å². The molecule has 1 saturated heterocycles. The zero-order valence-corrected chi connectivity index (χ0v) is 13.3. The number of nitrogens with one attached hydrogen (secondary N) is 2. The van der Waals surface area contributed by atoms with Crippen LogP contribution in [-0.2, 0) is 4.79 Å². The fourth-order valence-corrected chi connectivity index (χ4v) is 2.71. The van der Waals surface area contributed by atoms with E-state index in [9.17, 15) is 9.59 Å². The molecule has 1 fully saturated rings. The van der Waals surface area contributed by atoms with Crippen LogP contribution in [0.1, 0.15) is 19.8 Å². The molecule has 9 heteroatoms. The van der Waals surface area contributed by atoms with Gasteiger partial charge in [0.05, 0.1) is 0 Å². The van der Waals surface area contributed by atoms with E-state index in [1.807, 2.05) is 6.26 Å². The van der Waals surface area contributed by atoms with Crippen LogP contribution in [0.4, 0.5) is 16.4 Å². The summed E-state index contributed by atoms with van der Waals surface area (Å²) in [6.07, 6.45) is 2.33. The Balaban J connectivity index is 2.08. The van der Waals surface area contributed by atoms with Gasteiger partial charge in [0.25, 0.3) is 0 Å². The minimum atomic E-state index is -0.988. The lowest BCUT2D eigenvalue weighted by molar-refractivity contribution is -0.114. The minimum Gasteiger partial charge on any atom is -0.465 e. The van der Waals surface area contributed by atoms with Crippen molar-refractivity contribution >= 4 is 35.4 Å². The van der Waals surface area contributed by atoms with Crippen LogP contribution in [0.15, 0.2) is 11.2 Å². The first-order valence-electron chi connectivity index (χ1n) is 6.93. The molecule has 8 nitrogen and oxygen atoms in total. The van der Waals surface area contributed by atoms with E-state index >= 15 is 0 Å². The second kappa shape index (κ2) is 7.30. The highest BCUT2D eigenvalue weighted by molar-refractivity contribution is 7.98. The first-order valence-corrected chi connectivity index (χ1v) is 8.15. The third-order valence-electron chi connectivity index (χ3n) is 3.33. The maximum Gasteiger partial charge on any atom is 0.404 e. The maximum absolute atomic E-state index is 11.2. The SMILES string of the molecule is CSc1nc(NC(C)=O)cc(N2CCC(NC(=O)O)CC2)n1. The normalized spacial score (nSPS) is 15.5. The Labute approximate surface area is 132 Å². The summed E-state index contributed by atoms with van der Waals surface area (Å²) in [4.78, 5) is 32.6. The fraction of sp³-hybridized carbons (Fsp3) is 0.538. The average molecular weight is 325 g/mol. The number of nitrogens with zero attached hydrogens (tertiary/aromatic N) is 3. The Morgan fingerprint density at radius 1 is 1.36 bits per heavy atom. The molecule has 0 radical (unpaired) electrons. The van der Waals surface area contributed by atoms with Gasteiger partial charge in [0.2, 0.25) is 5.91 Å². The van der Waals surface area contributed by atoms with Gasteiger partial charge >= 0.3 is 6.09 Å². The Bertz CT molecular complexity index is 561. The molecule has 0 unspecified atom stereocenters. The van der Waals surface area contributed by atoms with Gasteiger partial charge in [-0.2, -0.15) is 0 Å². The number of carboxylic acid groups (broad SMARTS) is 1. The quantitative estimate of drug-likeness (QED) is 0.567. The molecular weight excluding hydrogens is 306 g/mol. The molecule has 120 valence electrons. The highest BCUT2D eigenvalue weighted by atomic mass is 32.2. The molecule has 1 aromatic heterocycles. The van der Waals surface area contributed by atoms with E-state index in [-0.39, 0.29) is 11.9 Å². The van der Waals surface area contributed by atoms with Crippen molar-refractivity contribution in [1.29, 1.82) is 0 Å². The molecule has 0 atom stereocenters. The summed E-state index contributed by atoms with van der Waals surface area (Å²) < 4.78 is 0. The minimum absolute atomic E-state index is 0.0228. The van der Waals surface area contributed by atoms with E-state index in [0.29, 0.717) is 24.1 Å². The fourth-order valence-electron chi connectivity index (χ4n) is 2.34. The van der Waals surface area contributed by atoms with Crippen molar-refractivity contribution in [2.24, 2.45) is 0 Å². The number of thioether (sulfide) groups is 1. The predicted octanol–water partition coefficient (Wildman–Crippen LogP) is 1.39. The molecule has 22 heavy (non-hydrogen) atoms. The molecule has 1 aliphatic heterocycles. The molecule has 0 aliphatic carbocycles. The third-order valence-corrected chi connectivity index (χ3v) is 3.87. The van der Waals surface area contributed by atoms with E-state index in [0.717, 1.165) is 18.7 Å². The molecule has 2 amide bonds. The summed E-state index contributed by atoms with van der Waals surface area (Å²) in [6.45, 7) is 2.84. The van der Waals surface area contributed by atoms with Crippen LogP contribution in [-0.4, -0.2) is 52.5 Å². The van der Waals surface area contributed by atoms with E-state index in [2.05, 4.69) is 25.5 Å². The van der Waals surface area contributed by atoms with E-state index in [1.54, 1.807) is 6.07 Å². The van der Waals surface area contributed by atoms with Gasteiger partial charge in [-0.1, -0.05) is 11.8 Å². The number of rotatable bonds is 4. The Morgan fingerprint density at radius 2 is 2.05 bits per heavy atom. The van der Waals surface area contributed by atoms with Crippen LogP contribution < -0.4 is 15.5 Å². The summed E-state index contributed by atoms with van der Waals surface area (Å²) in [5, 5.41) is 14.5. The van der Waals surface area contributed by atoms with Crippen LogP contribution in [0.25, 0.3) is 0 Å². The lowest BCUT2D eigenvalue weighted by Crippen LogP contribution is -2.44. The number of piperidine rings is 1. The topological polar surface area (TPSA) is 107 Å². The van der Waals surface area contributed by atoms with Crippen molar-refractivity contribution in [3.63, 3.8) is 0 Å². The van der Waals surface area contributed by atoms with Crippen molar-refractivity contribution < 1.29 is 14.7 Å². The summed E-state index contributed by atoms with van der Waals surface area (Å²) in [6, 6.07) is 1.72. The number of hydrogen-bond acceptors (Lipinski definition) is 6. The van der Waals surface area contributed by atoms with Gasteiger partial charge < -0.3 is 20.6 Å². The van der Waals surface area contributed by atoms with E-state index in [4.69, 9.17) is 5.11 Å². The van der Waals surface area contributed by atoms with Gasteiger partial charge in [-0.05, 0) is 19.1 Å². The Hall–Kier alpha value is -2.03. The lowest BCUT2D eigenvalue weighted by Gasteiger charge is -2.32. The number of amides is 2. The molecular formula is C13H19N5O3S. The van der Waals surface area contributed by atoms with Gasteiger partial charge in [-0.25, -0.2) is 14.8 Å². The van der Waals surface area contributed by atoms with Gasteiger partial charge in [-0.15, -0.1) is 0 Å². The summed E-state index contributed by atoms with van der Waals surface area (Å²) in [7, 11) is 0. The number of hydrogen-bond donors (Lipinski definition) is 3. The molecule has 1 aromatic rings.